The number of amides is 1. The van der Waals surface area contributed by atoms with E-state index in [4.69, 9.17) is 5.11 Å². The summed E-state index contributed by atoms with van der Waals surface area (Å²) in [6.45, 7) is 0. The molecular formula is C6H5NO3S. The topological polar surface area (TPSA) is 66.4 Å². The minimum atomic E-state index is -1.16. The molecule has 2 N–H and O–H groups in total. The maximum atomic E-state index is 10.2. The summed E-state index contributed by atoms with van der Waals surface area (Å²) in [7, 11) is 0. The zero-order valence-electron chi connectivity index (χ0n) is 5.40. The summed E-state index contributed by atoms with van der Waals surface area (Å²) in [5, 5.41) is 12.4. The Morgan fingerprint density at radius 3 is 3.00 bits per heavy atom. The number of carbonyl (C=O) groups is 2. The van der Waals surface area contributed by atoms with Crippen LogP contribution in [0.15, 0.2) is 11.4 Å². The molecule has 0 atom stereocenters. The van der Waals surface area contributed by atoms with Crippen LogP contribution >= 0.6 is 11.3 Å². The van der Waals surface area contributed by atoms with E-state index in [1.54, 1.807) is 11.4 Å². The first-order valence-electron chi connectivity index (χ1n) is 2.76. The molecule has 0 spiro atoms. The third-order valence-electron chi connectivity index (χ3n) is 1.04. The van der Waals surface area contributed by atoms with Crippen LogP contribution in [-0.4, -0.2) is 17.5 Å². The Bertz CT molecular complexity index is 281. The highest BCUT2D eigenvalue weighted by Gasteiger charge is 2.04. The van der Waals surface area contributed by atoms with Crippen molar-refractivity contribution in [3.8, 4) is 0 Å². The number of nitrogens with one attached hydrogen (secondary N) is 1. The van der Waals surface area contributed by atoms with Crippen LogP contribution in [0.4, 0.5) is 9.80 Å². The first-order valence-corrected chi connectivity index (χ1v) is 3.64. The fourth-order valence-corrected chi connectivity index (χ4v) is 1.36. The van der Waals surface area contributed by atoms with E-state index in [9.17, 15) is 9.59 Å². The molecule has 0 unspecified atom stereocenters. The predicted octanol–water partition coefficient (Wildman–Crippen LogP) is 1.65. The highest BCUT2D eigenvalue weighted by Crippen LogP contribution is 2.20. The van der Waals surface area contributed by atoms with E-state index >= 15 is 0 Å². The zero-order chi connectivity index (χ0) is 8.27. The molecule has 0 saturated heterocycles. The number of anilines is 1. The van der Waals surface area contributed by atoms with Gasteiger partial charge in [0.05, 0.1) is 0 Å². The molecule has 0 fully saturated rings. The van der Waals surface area contributed by atoms with Crippen molar-refractivity contribution in [2.24, 2.45) is 0 Å². The summed E-state index contributed by atoms with van der Waals surface area (Å²) in [5.74, 6) is 0. The van der Waals surface area contributed by atoms with Gasteiger partial charge in [0.15, 0.2) is 6.29 Å². The van der Waals surface area contributed by atoms with Crippen LogP contribution in [0.25, 0.3) is 0 Å². The molecular weight excluding hydrogens is 166 g/mol. The van der Waals surface area contributed by atoms with Gasteiger partial charge in [-0.05, 0) is 11.4 Å². The molecule has 11 heavy (non-hydrogen) atoms. The normalized spacial score (nSPS) is 9.09. The van der Waals surface area contributed by atoms with Crippen LogP contribution in [0.5, 0.6) is 0 Å². The van der Waals surface area contributed by atoms with E-state index in [0.29, 0.717) is 16.9 Å². The van der Waals surface area contributed by atoms with Gasteiger partial charge in [-0.3, -0.25) is 10.1 Å². The number of carboxylic acid groups (broad SMARTS) is 1. The van der Waals surface area contributed by atoms with Gasteiger partial charge in [-0.1, -0.05) is 0 Å². The van der Waals surface area contributed by atoms with Crippen LogP contribution < -0.4 is 5.32 Å². The second-order valence-electron chi connectivity index (χ2n) is 1.75. The van der Waals surface area contributed by atoms with E-state index in [1.165, 1.54) is 11.3 Å². The average Bonchev–Trinajstić information content (AvgIpc) is 2.34. The van der Waals surface area contributed by atoms with Gasteiger partial charge in [-0.25, -0.2) is 4.79 Å². The van der Waals surface area contributed by atoms with Crippen LogP contribution in [-0.2, 0) is 0 Å². The lowest BCUT2D eigenvalue weighted by Crippen LogP contribution is -2.06. The highest BCUT2D eigenvalue weighted by molar-refractivity contribution is 7.14. The molecule has 1 rings (SSSR count). The van der Waals surface area contributed by atoms with Crippen LogP contribution in [0.1, 0.15) is 10.4 Å². The van der Waals surface area contributed by atoms with Crippen molar-refractivity contribution in [1.29, 1.82) is 0 Å². The Morgan fingerprint density at radius 1 is 1.73 bits per heavy atom. The summed E-state index contributed by atoms with van der Waals surface area (Å²) >= 11 is 1.18. The number of carbonyl (C=O) groups excluding carboxylic acids is 1. The van der Waals surface area contributed by atoms with Crippen molar-refractivity contribution in [2.75, 3.05) is 5.32 Å². The molecule has 0 bridgehead atoms. The molecule has 1 aromatic rings. The SMILES string of the molecule is O=Cc1ccsc1NC(=O)O. The second kappa shape index (κ2) is 3.16. The van der Waals surface area contributed by atoms with Gasteiger partial charge < -0.3 is 5.11 Å². The first-order chi connectivity index (χ1) is 5.24. The van der Waals surface area contributed by atoms with E-state index < -0.39 is 6.09 Å². The Balaban J connectivity index is 2.84. The van der Waals surface area contributed by atoms with Crippen LogP contribution in [0.3, 0.4) is 0 Å². The molecule has 0 saturated carbocycles. The molecule has 58 valence electrons. The van der Waals surface area contributed by atoms with Crippen molar-refractivity contribution in [3.05, 3.63) is 17.0 Å². The molecule has 0 radical (unpaired) electrons. The lowest BCUT2D eigenvalue weighted by Gasteiger charge is -1.94. The lowest BCUT2D eigenvalue weighted by molar-refractivity contribution is 0.112. The van der Waals surface area contributed by atoms with Gasteiger partial charge >= 0.3 is 6.09 Å². The van der Waals surface area contributed by atoms with E-state index in [1.807, 2.05) is 0 Å². The van der Waals surface area contributed by atoms with Crippen molar-refractivity contribution < 1.29 is 14.7 Å². The number of aldehydes is 1. The van der Waals surface area contributed by atoms with Crippen molar-refractivity contribution in [1.82, 2.24) is 0 Å². The molecule has 5 heteroatoms. The molecule has 1 aromatic heterocycles. The van der Waals surface area contributed by atoms with Gasteiger partial charge in [0, 0.05) is 5.56 Å². The van der Waals surface area contributed by atoms with Crippen molar-refractivity contribution in [3.63, 3.8) is 0 Å². The van der Waals surface area contributed by atoms with Gasteiger partial charge in [-0.15, -0.1) is 11.3 Å². The Hall–Kier alpha value is -1.36. The quantitative estimate of drug-likeness (QED) is 0.665. The Labute approximate surface area is 66.5 Å². The molecule has 4 nitrogen and oxygen atoms in total. The standard InChI is InChI=1S/C6H5NO3S/c8-3-4-1-2-11-5(4)7-6(9)10/h1-3,7H,(H,9,10). The monoisotopic (exact) mass is 171 g/mol. The number of hydrogen-bond donors (Lipinski definition) is 2. The highest BCUT2D eigenvalue weighted by atomic mass is 32.1. The summed E-state index contributed by atoms with van der Waals surface area (Å²) in [4.78, 5) is 20.4. The fraction of sp³-hybridized carbons (Fsp3) is 0. The van der Waals surface area contributed by atoms with E-state index in [0.717, 1.165) is 0 Å². The van der Waals surface area contributed by atoms with Crippen LogP contribution in [0, 0.1) is 0 Å². The second-order valence-corrected chi connectivity index (χ2v) is 2.67. The van der Waals surface area contributed by atoms with Gasteiger partial charge in [-0.2, -0.15) is 0 Å². The molecule has 1 amide bonds. The maximum Gasteiger partial charge on any atom is 0.409 e. The lowest BCUT2D eigenvalue weighted by atomic mass is 10.3. The Morgan fingerprint density at radius 2 is 2.45 bits per heavy atom. The smallest absolute Gasteiger partial charge is 0.409 e. The minimum Gasteiger partial charge on any atom is -0.465 e. The Kier molecular flexibility index (Phi) is 2.22. The average molecular weight is 171 g/mol. The van der Waals surface area contributed by atoms with Gasteiger partial charge in [0.2, 0.25) is 0 Å². The van der Waals surface area contributed by atoms with Gasteiger partial charge in [0.25, 0.3) is 0 Å². The third kappa shape index (κ3) is 1.78. The first kappa shape index (κ1) is 7.74. The van der Waals surface area contributed by atoms with Crippen molar-refractivity contribution >= 4 is 28.7 Å². The largest absolute Gasteiger partial charge is 0.465 e. The summed E-state index contributed by atoms with van der Waals surface area (Å²) < 4.78 is 0. The summed E-state index contributed by atoms with van der Waals surface area (Å²) in [5.41, 5.74) is 0.373. The number of rotatable bonds is 2. The molecule has 0 aliphatic heterocycles. The number of thiophene rings is 1. The van der Waals surface area contributed by atoms with Gasteiger partial charge in [0.1, 0.15) is 5.00 Å². The molecule has 0 aliphatic rings. The predicted molar refractivity (Wildman–Crippen MR) is 41.4 cm³/mol. The number of hydrogen-bond acceptors (Lipinski definition) is 3. The van der Waals surface area contributed by atoms with E-state index in [-0.39, 0.29) is 0 Å². The van der Waals surface area contributed by atoms with Crippen LogP contribution in [0.2, 0.25) is 0 Å². The zero-order valence-corrected chi connectivity index (χ0v) is 6.22. The third-order valence-corrected chi connectivity index (χ3v) is 1.89. The van der Waals surface area contributed by atoms with E-state index in [2.05, 4.69) is 5.32 Å². The fourth-order valence-electron chi connectivity index (χ4n) is 0.611. The summed E-state index contributed by atoms with van der Waals surface area (Å²) in [6.07, 6.45) is -0.544. The maximum absolute atomic E-state index is 10.2. The molecule has 0 aliphatic carbocycles. The molecule has 0 aromatic carbocycles. The van der Waals surface area contributed by atoms with Crippen molar-refractivity contribution in [2.45, 2.75) is 0 Å². The minimum absolute atomic E-state index is 0.368. The summed E-state index contributed by atoms with van der Waals surface area (Å²) in [6, 6.07) is 1.56. The molecule has 1 heterocycles.